The van der Waals surface area contributed by atoms with Crippen molar-refractivity contribution in [2.24, 2.45) is 22.7 Å². The second kappa shape index (κ2) is 6.18. The minimum absolute atomic E-state index is 0.0215. The van der Waals surface area contributed by atoms with Crippen LogP contribution >= 0.6 is 0 Å². The summed E-state index contributed by atoms with van der Waals surface area (Å²) in [5.74, 6) is 2.24. The van der Waals surface area contributed by atoms with Crippen LogP contribution in [0, 0.1) is 22.7 Å². The molecule has 1 saturated heterocycles. The summed E-state index contributed by atoms with van der Waals surface area (Å²) in [5, 5.41) is 10.9. The van der Waals surface area contributed by atoms with Crippen LogP contribution in [0.1, 0.15) is 70.4 Å². The Morgan fingerprint density at radius 3 is 2.73 bits per heavy atom. The van der Waals surface area contributed by atoms with Gasteiger partial charge in [-0.25, -0.2) is 0 Å². The van der Waals surface area contributed by atoms with E-state index in [1.165, 1.54) is 42.5 Å². The van der Waals surface area contributed by atoms with Gasteiger partial charge < -0.3 is 14.6 Å². The summed E-state index contributed by atoms with van der Waals surface area (Å²) < 4.78 is 13.5. The molecule has 5 aliphatic carbocycles. The van der Waals surface area contributed by atoms with Gasteiger partial charge in [-0.15, -0.1) is 0 Å². The Morgan fingerprint density at radius 2 is 2.03 bits per heavy atom. The molecular formula is C29H39NO3. The number of hydrogen-bond acceptors (Lipinski definition) is 4. The Bertz CT molecular complexity index is 1050. The molecule has 1 unspecified atom stereocenters. The smallest absolute Gasteiger partial charge is 0.165 e. The molecule has 8 rings (SSSR count). The van der Waals surface area contributed by atoms with Crippen LogP contribution in [0.2, 0.25) is 0 Å². The minimum atomic E-state index is -0.380. The standard InChI is InChI=1S/C29H39NO3/c1-17(26(2,3)4)20-15-27-10-11-29(20,32-5)25-28(27)12-13-30(16-18-6-7-18)22(27)14-19-8-9-21(31)24(33-25)23(19)28/h8-9,18,20,22,25,31H,1,6-7,10-16H2,2-5H3/t20-,22+,25+,27+,28-,29?/m0/s1. The summed E-state index contributed by atoms with van der Waals surface area (Å²) in [7, 11) is 1.90. The molecule has 1 aromatic carbocycles. The molecule has 0 amide bonds. The number of methoxy groups -OCH3 is 1. The number of aromatic hydroxyl groups is 1. The topological polar surface area (TPSA) is 41.9 Å². The second-order valence-electron chi connectivity index (χ2n) is 13.2. The summed E-state index contributed by atoms with van der Waals surface area (Å²) in [6.45, 7) is 14.0. The third kappa shape index (κ3) is 2.26. The summed E-state index contributed by atoms with van der Waals surface area (Å²) >= 11 is 0. The number of piperidine rings is 1. The van der Waals surface area contributed by atoms with Crippen LogP contribution in [-0.4, -0.2) is 48.0 Å². The van der Waals surface area contributed by atoms with Gasteiger partial charge in [-0.1, -0.05) is 39.0 Å². The van der Waals surface area contributed by atoms with Crippen LogP contribution in [0.4, 0.5) is 0 Å². The number of phenols is 1. The zero-order chi connectivity index (χ0) is 23.0. The van der Waals surface area contributed by atoms with Gasteiger partial charge in [0.15, 0.2) is 11.5 Å². The Morgan fingerprint density at radius 1 is 1.24 bits per heavy atom. The van der Waals surface area contributed by atoms with E-state index in [2.05, 4.69) is 31.7 Å². The van der Waals surface area contributed by atoms with Crippen LogP contribution in [0.5, 0.6) is 11.5 Å². The fourth-order valence-corrected chi connectivity index (χ4v) is 9.32. The van der Waals surface area contributed by atoms with Crippen LogP contribution < -0.4 is 4.74 Å². The maximum atomic E-state index is 10.9. The average molecular weight is 450 g/mol. The summed E-state index contributed by atoms with van der Waals surface area (Å²) in [5.41, 5.74) is 3.81. The highest BCUT2D eigenvalue weighted by atomic mass is 16.6. The molecule has 178 valence electrons. The van der Waals surface area contributed by atoms with Crippen LogP contribution in [-0.2, 0) is 16.6 Å². The van der Waals surface area contributed by atoms with Crippen molar-refractivity contribution in [2.45, 2.75) is 88.9 Å². The van der Waals surface area contributed by atoms with Crippen molar-refractivity contribution in [3.63, 3.8) is 0 Å². The predicted molar refractivity (Wildman–Crippen MR) is 129 cm³/mol. The lowest BCUT2D eigenvalue weighted by atomic mass is 9.34. The second-order valence-corrected chi connectivity index (χ2v) is 13.2. The maximum Gasteiger partial charge on any atom is 0.165 e. The zero-order valence-electron chi connectivity index (χ0n) is 20.7. The van der Waals surface area contributed by atoms with E-state index in [0.29, 0.717) is 11.8 Å². The number of rotatable bonds is 4. The molecule has 0 aromatic heterocycles. The highest BCUT2D eigenvalue weighted by Gasteiger charge is 2.81. The van der Waals surface area contributed by atoms with Crippen molar-refractivity contribution in [3.05, 3.63) is 35.4 Å². The number of fused-ring (bicyclic) bond motifs is 2. The molecule has 4 bridgehead atoms. The van der Waals surface area contributed by atoms with E-state index in [1.807, 2.05) is 13.2 Å². The number of benzene rings is 1. The largest absolute Gasteiger partial charge is 0.504 e. The normalized spacial score (nSPS) is 42.7. The molecule has 4 heteroatoms. The van der Waals surface area contributed by atoms with Crippen LogP contribution in [0.15, 0.2) is 24.3 Å². The number of hydrogen-bond donors (Lipinski definition) is 1. The zero-order valence-corrected chi connectivity index (χ0v) is 20.7. The Labute approximate surface area is 198 Å². The highest BCUT2D eigenvalue weighted by Crippen LogP contribution is 2.77. The van der Waals surface area contributed by atoms with Crippen LogP contribution in [0.25, 0.3) is 0 Å². The van der Waals surface area contributed by atoms with E-state index in [4.69, 9.17) is 16.1 Å². The molecular weight excluding hydrogens is 410 g/mol. The van der Waals surface area contributed by atoms with Gasteiger partial charge in [0, 0.05) is 42.0 Å². The third-order valence-corrected chi connectivity index (χ3v) is 11.0. The van der Waals surface area contributed by atoms with Crippen molar-refractivity contribution < 1.29 is 14.6 Å². The molecule has 7 aliphatic rings. The molecule has 1 N–H and O–H groups in total. The lowest BCUT2D eigenvalue weighted by Crippen LogP contribution is -2.81. The van der Waals surface area contributed by atoms with Gasteiger partial charge in [-0.05, 0) is 74.5 Å². The fraction of sp³-hybridized carbons (Fsp3) is 0.724. The van der Waals surface area contributed by atoms with E-state index in [-0.39, 0.29) is 33.9 Å². The number of ether oxygens (including phenoxy) is 2. The lowest BCUT2D eigenvalue weighted by molar-refractivity contribution is -0.272. The van der Waals surface area contributed by atoms with Gasteiger partial charge >= 0.3 is 0 Å². The maximum absolute atomic E-state index is 10.9. The molecule has 6 atom stereocenters. The Balaban J connectivity index is 1.47. The number of phenolic OH excluding ortho intramolecular Hbond substituents is 1. The average Bonchev–Trinajstić information content (AvgIpc) is 3.52. The van der Waals surface area contributed by atoms with Gasteiger partial charge in [0.1, 0.15) is 11.7 Å². The van der Waals surface area contributed by atoms with Crippen molar-refractivity contribution >= 4 is 0 Å². The van der Waals surface area contributed by atoms with Crippen LogP contribution in [0.3, 0.4) is 0 Å². The Hall–Kier alpha value is -1.52. The van der Waals surface area contributed by atoms with E-state index in [0.717, 1.165) is 43.9 Å². The van der Waals surface area contributed by atoms with E-state index < -0.39 is 0 Å². The molecule has 4 saturated carbocycles. The first-order chi connectivity index (χ1) is 15.7. The van der Waals surface area contributed by atoms with E-state index >= 15 is 0 Å². The first-order valence-electron chi connectivity index (χ1n) is 13.2. The van der Waals surface area contributed by atoms with Gasteiger partial charge in [-0.3, -0.25) is 4.90 Å². The SMILES string of the molecule is C=C([C@@H]1C[C@@]23CCC1(OC)[C@@H]1Oc4c(O)ccc5c4[C@@]12CCN(CC1CC1)[C@@H]3C5)C(C)(C)C. The predicted octanol–water partition coefficient (Wildman–Crippen LogP) is 5.22. The van der Waals surface area contributed by atoms with Crippen molar-refractivity contribution in [2.75, 3.05) is 20.2 Å². The van der Waals surface area contributed by atoms with E-state index in [1.54, 1.807) is 0 Å². The van der Waals surface area contributed by atoms with Gasteiger partial charge in [0.05, 0.1) is 0 Å². The minimum Gasteiger partial charge on any atom is -0.504 e. The summed E-state index contributed by atoms with van der Waals surface area (Å²) in [6.07, 6.45) is 8.30. The fourth-order valence-electron chi connectivity index (χ4n) is 9.32. The molecule has 2 heterocycles. The summed E-state index contributed by atoms with van der Waals surface area (Å²) in [6, 6.07) is 4.61. The molecule has 2 aliphatic heterocycles. The van der Waals surface area contributed by atoms with Gasteiger partial charge in [0.25, 0.3) is 0 Å². The molecule has 5 fully saturated rings. The first kappa shape index (κ1) is 20.8. The molecule has 2 spiro atoms. The van der Waals surface area contributed by atoms with E-state index in [9.17, 15) is 5.11 Å². The molecule has 33 heavy (non-hydrogen) atoms. The quantitative estimate of drug-likeness (QED) is 0.640. The number of likely N-dealkylation sites (tertiary alicyclic amines) is 1. The van der Waals surface area contributed by atoms with Crippen molar-refractivity contribution in [1.29, 1.82) is 0 Å². The number of nitrogens with zero attached hydrogens (tertiary/aromatic N) is 1. The Kier molecular flexibility index (Phi) is 3.90. The molecule has 1 aromatic rings. The highest BCUT2D eigenvalue weighted by molar-refractivity contribution is 5.63. The monoisotopic (exact) mass is 449 g/mol. The molecule has 4 nitrogen and oxygen atoms in total. The van der Waals surface area contributed by atoms with Crippen molar-refractivity contribution in [1.82, 2.24) is 4.90 Å². The van der Waals surface area contributed by atoms with Crippen molar-refractivity contribution in [3.8, 4) is 11.5 Å². The summed E-state index contributed by atoms with van der Waals surface area (Å²) in [4.78, 5) is 2.87. The first-order valence-corrected chi connectivity index (χ1v) is 13.2. The van der Waals surface area contributed by atoms with Gasteiger partial charge in [-0.2, -0.15) is 0 Å². The lowest BCUT2D eigenvalue weighted by Gasteiger charge is -2.74. The third-order valence-electron chi connectivity index (χ3n) is 11.0. The van der Waals surface area contributed by atoms with Gasteiger partial charge in [0.2, 0.25) is 0 Å². The molecule has 0 radical (unpaired) electrons.